The first kappa shape index (κ1) is 19.9. The monoisotopic (exact) mass is 489 g/mol. The standard InChI is InChI=1S/C9H23P3.2ClH.Pt/c1-10(2)6-8-12(5)9-7-11(3)4;;;/h6-9H2,1-5H3;2*1H;/q;;;+2/p-2. The first-order valence-electron chi connectivity index (χ1n) is 4.74. The van der Waals surface area contributed by atoms with E-state index < -0.39 is 16.5 Å². The molecule has 6 heteroatoms. The molecule has 0 heterocycles. The third kappa shape index (κ3) is 22.3. The van der Waals surface area contributed by atoms with Crippen LogP contribution in [0.5, 0.6) is 0 Å². The van der Waals surface area contributed by atoms with Crippen LogP contribution in [-0.2, 0) is 16.5 Å². The fourth-order valence-electron chi connectivity index (χ4n) is 0.853. The van der Waals surface area contributed by atoms with Crippen molar-refractivity contribution >= 4 is 42.6 Å². The van der Waals surface area contributed by atoms with E-state index in [2.05, 4.69) is 33.3 Å². The van der Waals surface area contributed by atoms with Crippen LogP contribution in [0.4, 0.5) is 0 Å². The summed E-state index contributed by atoms with van der Waals surface area (Å²) in [4.78, 5) is 0. The summed E-state index contributed by atoms with van der Waals surface area (Å²) in [6.07, 6.45) is 6.06. The Hall–Kier alpha value is 2.56. The van der Waals surface area contributed by atoms with Crippen LogP contribution in [-0.4, -0.2) is 58.0 Å². The summed E-state index contributed by atoms with van der Waals surface area (Å²) in [5.74, 6) is 0. The molecule has 0 aromatic rings. The second-order valence-corrected chi connectivity index (χ2v) is 15.1. The van der Waals surface area contributed by atoms with Gasteiger partial charge >= 0.3 is 35.3 Å². The van der Waals surface area contributed by atoms with E-state index >= 15 is 0 Å². The molecule has 15 heavy (non-hydrogen) atoms. The Morgan fingerprint density at radius 1 is 0.733 bits per heavy atom. The summed E-state index contributed by atoms with van der Waals surface area (Å²) in [7, 11) is 10.9. The van der Waals surface area contributed by atoms with Crippen molar-refractivity contribution in [3.8, 4) is 0 Å². The van der Waals surface area contributed by atoms with Gasteiger partial charge in [-0.25, -0.2) is 0 Å². The Labute approximate surface area is 116 Å². The van der Waals surface area contributed by atoms with Crippen molar-refractivity contribution in [3.63, 3.8) is 0 Å². The SMILES string of the molecule is CP(C)CCP(C)CCP(C)C.[Cl][Pt][Cl]. The molecule has 0 radical (unpaired) electrons. The fraction of sp³-hybridized carbons (Fsp3) is 1.00. The van der Waals surface area contributed by atoms with Crippen LogP contribution in [0.1, 0.15) is 0 Å². The van der Waals surface area contributed by atoms with Crippen molar-refractivity contribution in [1.29, 1.82) is 0 Å². The van der Waals surface area contributed by atoms with Gasteiger partial charge in [0.2, 0.25) is 0 Å². The minimum atomic E-state index is -0.472. The molecule has 0 aromatic carbocycles. The topological polar surface area (TPSA) is 0 Å². The normalized spacial score (nSPS) is 11.1. The zero-order valence-electron chi connectivity index (χ0n) is 10.2. The van der Waals surface area contributed by atoms with Crippen LogP contribution >= 0.6 is 42.6 Å². The van der Waals surface area contributed by atoms with Gasteiger partial charge in [0.1, 0.15) is 0 Å². The average Bonchev–Trinajstić information content (AvgIpc) is 2.12. The van der Waals surface area contributed by atoms with Gasteiger partial charge in [0, 0.05) is 0 Å². The molecule has 0 aliphatic heterocycles. The quantitative estimate of drug-likeness (QED) is 0.463. The van der Waals surface area contributed by atoms with Crippen LogP contribution in [0.25, 0.3) is 0 Å². The number of halogens is 2. The molecule has 0 spiro atoms. The van der Waals surface area contributed by atoms with Crippen molar-refractivity contribution in [1.82, 2.24) is 0 Å². The molecule has 0 atom stereocenters. The van der Waals surface area contributed by atoms with E-state index in [1.165, 1.54) is 24.6 Å². The molecular weight excluding hydrogens is 467 g/mol. The van der Waals surface area contributed by atoms with Crippen molar-refractivity contribution in [2.24, 2.45) is 0 Å². The second-order valence-electron chi connectivity index (χ2n) is 3.96. The molecule has 0 amide bonds. The summed E-state index contributed by atoms with van der Waals surface area (Å²) in [5, 5.41) is 0. The van der Waals surface area contributed by atoms with Crippen LogP contribution in [0, 0.1) is 0 Å². The predicted octanol–water partition coefficient (Wildman–Crippen LogP) is 4.96. The van der Waals surface area contributed by atoms with Gasteiger partial charge in [-0.1, -0.05) is 0 Å². The van der Waals surface area contributed by atoms with Gasteiger partial charge in [-0.3, -0.25) is 0 Å². The summed E-state index contributed by atoms with van der Waals surface area (Å²) >= 11 is -0.472. The molecular formula is C9H23Cl2P3Pt. The third-order valence-corrected chi connectivity index (χ3v) is 6.77. The molecule has 0 rings (SSSR count). The zero-order chi connectivity index (χ0) is 12.3. The maximum atomic E-state index is 4.88. The Balaban J connectivity index is 0. The van der Waals surface area contributed by atoms with Crippen LogP contribution in [0.15, 0.2) is 0 Å². The van der Waals surface area contributed by atoms with Gasteiger partial charge in [0.15, 0.2) is 0 Å². The molecule has 98 valence electrons. The van der Waals surface area contributed by atoms with E-state index in [0.29, 0.717) is 23.8 Å². The average molecular weight is 490 g/mol. The third-order valence-electron chi connectivity index (χ3n) is 1.86. The van der Waals surface area contributed by atoms with E-state index in [-0.39, 0.29) is 0 Å². The predicted molar refractivity (Wildman–Crippen MR) is 81.6 cm³/mol. The molecule has 0 fully saturated rings. The summed E-state index contributed by atoms with van der Waals surface area (Å²) in [6, 6.07) is 0. The van der Waals surface area contributed by atoms with Crippen molar-refractivity contribution in [2.45, 2.75) is 0 Å². The molecule has 0 aliphatic carbocycles. The summed E-state index contributed by atoms with van der Waals surface area (Å²) in [5.41, 5.74) is 0. The van der Waals surface area contributed by atoms with Crippen molar-refractivity contribution < 1.29 is 16.5 Å². The Morgan fingerprint density at radius 2 is 1.00 bits per heavy atom. The molecule has 0 saturated carbocycles. The van der Waals surface area contributed by atoms with Crippen molar-refractivity contribution in [2.75, 3.05) is 58.0 Å². The molecule has 0 aromatic heterocycles. The number of hydrogen-bond acceptors (Lipinski definition) is 0. The van der Waals surface area contributed by atoms with Gasteiger partial charge in [0.05, 0.1) is 0 Å². The molecule has 0 N–H and O–H groups in total. The molecule has 0 nitrogen and oxygen atoms in total. The van der Waals surface area contributed by atoms with Crippen LogP contribution < -0.4 is 0 Å². The van der Waals surface area contributed by atoms with Crippen molar-refractivity contribution in [3.05, 3.63) is 0 Å². The molecule has 0 bridgehead atoms. The summed E-state index contributed by atoms with van der Waals surface area (Å²) < 4.78 is 0. The fourth-order valence-corrected chi connectivity index (χ4v) is 7.01. The first-order chi connectivity index (χ1) is 6.93. The maximum absolute atomic E-state index is 4.88. The Morgan fingerprint density at radius 3 is 1.20 bits per heavy atom. The van der Waals surface area contributed by atoms with Crippen LogP contribution in [0.2, 0.25) is 0 Å². The van der Waals surface area contributed by atoms with Gasteiger partial charge < -0.3 is 0 Å². The Kier molecular flexibility index (Phi) is 19.4. The number of rotatable bonds is 6. The molecule has 0 saturated heterocycles. The van der Waals surface area contributed by atoms with Gasteiger partial charge in [-0.2, -0.15) is 0 Å². The minimum absolute atomic E-state index is 0.362. The van der Waals surface area contributed by atoms with Gasteiger partial charge in [-0.05, 0) is 58.0 Å². The van der Waals surface area contributed by atoms with Gasteiger partial charge in [0.25, 0.3) is 0 Å². The number of hydrogen-bond donors (Lipinski definition) is 0. The van der Waals surface area contributed by atoms with E-state index in [1.54, 1.807) is 0 Å². The Bertz CT molecular complexity index is 114. The van der Waals surface area contributed by atoms with Gasteiger partial charge in [-0.15, -0.1) is 23.8 Å². The van der Waals surface area contributed by atoms with E-state index in [4.69, 9.17) is 18.8 Å². The molecule has 0 unspecified atom stereocenters. The first-order valence-corrected chi connectivity index (χ1v) is 17.4. The second kappa shape index (κ2) is 14.6. The van der Waals surface area contributed by atoms with E-state index in [1.807, 2.05) is 0 Å². The van der Waals surface area contributed by atoms with E-state index in [0.717, 1.165) is 0 Å². The molecule has 0 aliphatic rings. The summed E-state index contributed by atoms with van der Waals surface area (Å²) in [6.45, 7) is 12.1. The zero-order valence-corrected chi connectivity index (χ0v) is 16.7. The van der Waals surface area contributed by atoms with E-state index in [9.17, 15) is 0 Å². The van der Waals surface area contributed by atoms with Crippen LogP contribution in [0.3, 0.4) is 0 Å².